The van der Waals surface area contributed by atoms with Gasteiger partial charge < -0.3 is 9.73 Å². The van der Waals surface area contributed by atoms with Gasteiger partial charge in [0.2, 0.25) is 5.89 Å². The fourth-order valence-electron chi connectivity index (χ4n) is 3.52. The van der Waals surface area contributed by atoms with Crippen LogP contribution in [0.1, 0.15) is 15.9 Å². The van der Waals surface area contributed by atoms with Crippen LogP contribution in [0.5, 0.6) is 0 Å². The predicted molar refractivity (Wildman–Crippen MR) is 121 cm³/mol. The SMILES string of the molecule is Cc1ccc2nc(-c3ccc(NC(=O)c4cccc5c(Cl)cccc45)cc3)oc2c1. The van der Waals surface area contributed by atoms with Crippen LogP contribution in [0.2, 0.25) is 5.02 Å². The van der Waals surface area contributed by atoms with Crippen LogP contribution in [0, 0.1) is 6.92 Å². The minimum atomic E-state index is -0.187. The summed E-state index contributed by atoms with van der Waals surface area (Å²) >= 11 is 6.26. The molecular weight excluding hydrogens is 396 g/mol. The molecule has 146 valence electrons. The number of fused-ring (bicyclic) bond motifs is 2. The van der Waals surface area contributed by atoms with Crippen molar-refractivity contribution < 1.29 is 9.21 Å². The van der Waals surface area contributed by atoms with E-state index in [1.54, 1.807) is 6.07 Å². The number of benzene rings is 4. The highest BCUT2D eigenvalue weighted by molar-refractivity contribution is 6.36. The van der Waals surface area contributed by atoms with E-state index in [9.17, 15) is 4.79 Å². The molecule has 1 heterocycles. The molecule has 5 rings (SSSR count). The first-order valence-electron chi connectivity index (χ1n) is 9.55. The minimum Gasteiger partial charge on any atom is -0.436 e. The summed E-state index contributed by atoms with van der Waals surface area (Å²) in [5.41, 5.74) is 4.82. The van der Waals surface area contributed by atoms with E-state index in [4.69, 9.17) is 16.0 Å². The lowest BCUT2D eigenvalue weighted by molar-refractivity contribution is 0.102. The van der Waals surface area contributed by atoms with Crippen LogP contribution in [0.25, 0.3) is 33.3 Å². The Balaban J connectivity index is 1.41. The van der Waals surface area contributed by atoms with Crippen LogP contribution in [0.3, 0.4) is 0 Å². The molecule has 0 unspecified atom stereocenters. The summed E-state index contributed by atoms with van der Waals surface area (Å²) < 4.78 is 5.87. The molecule has 0 spiro atoms. The van der Waals surface area contributed by atoms with Crippen molar-refractivity contribution in [1.82, 2.24) is 4.98 Å². The molecule has 0 bridgehead atoms. The van der Waals surface area contributed by atoms with Gasteiger partial charge in [-0.2, -0.15) is 0 Å². The number of aromatic nitrogens is 1. The molecule has 0 radical (unpaired) electrons. The largest absolute Gasteiger partial charge is 0.436 e. The highest BCUT2D eigenvalue weighted by Crippen LogP contribution is 2.28. The van der Waals surface area contributed by atoms with Gasteiger partial charge in [0.25, 0.3) is 5.91 Å². The molecular formula is C25H17ClN2O2. The number of anilines is 1. The number of aryl methyl sites for hydroxylation is 1. The van der Waals surface area contributed by atoms with E-state index < -0.39 is 0 Å². The monoisotopic (exact) mass is 412 g/mol. The van der Waals surface area contributed by atoms with E-state index in [1.807, 2.05) is 79.7 Å². The third kappa shape index (κ3) is 3.31. The molecule has 0 atom stereocenters. The molecule has 30 heavy (non-hydrogen) atoms. The van der Waals surface area contributed by atoms with Gasteiger partial charge >= 0.3 is 0 Å². The molecule has 0 aliphatic carbocycles. The van der Waals surface area contributed by atoms with Crippen LogP contribution in [-0.2, 0) is 0 Å². The Labute approximate surface area is 178 Å². The fourth-order valence-corrected chi connectivity index (χ4v) is 3.76. The number of nitrogens with zero attached hydrogens (tertiary/aromatic N) is 1. The first kappa shape index (κ1) is 18.4. The van der Waals surface area contributed by atoms with Crippen LogP contribution < -0.4 is 5.32 Å². The molecule has 0 aliphatic heterocycles. The predicted octanol–water partition coefficient (Wildman–Crippen LogP) is 6.86. The van der Waals surface area contributed by atoms with Gasteiger partial charge in [-0.3, -0.25) is 4.79 Å². The number of carbonyl (C=O) groups excluding carboxylic acids is 1. The Morgan fingerprint density at radius 2 is 1.70 bits per heavy atom. The maximum atomic E-state index is 12.9. The number of rotatable bonds is 3. The quantitative estimate of drug-likeness (QED) is 0.352. The molecule has 1 amide bonds. The molecule has 1 N–H and O–H groups in total. The molecule has 0 saturated carbocycles. The van der Waals surface area contributed by atoms with Crippen LogP contribution in [0.4, 0.5) is 5.69 Å². The minimum absolute atomic E-state index is 0.187. The zero-order chi connectivity index (χ0) is 20.7. The second-order valence-corrected chi connectivity index (χ2v) is 7.57. The number of hydrogen-bond acceptors (Lipinski definition) is 3. The number of carbonyl (C=O) groups is 1. The van der Waals surface area contributed by atoms with Crippen molar-refractivity contribution in [3.63, 3.8) is 0 Å². The van der Waals surface area contributed by atoms with E-state index in [-0.39, 0.29) is 5.91 Å². The maximum Gasteiger partial charge on any atom is 0.256 e. The van der Waals surface area contributed by atoms with Gasteiger partial charge in [0.05, 0.1) is 0 Å². The van der Waals surface area contributed by atoms with Crippen LogP contribution in [-0.4, -0.2) is 10.9 Å². The van der Waals surface area contributed by atoms with E-state index >= 15 is 0 Å². The second kappa shape index (κ2) is 7.32. The summed E-state index contributed by atoms with van der Waals surface area (Å²) in [5, 5.41) is 5.25. The summed E-state index contributed by atoms with van der Waals surface area (Å²) in [6, 6.07) is 24.5. The normalized spacial score (nSPS) is 11.1. The Morgan fingerprint density at radius 3 is 2.53 bits per heavy atom. The van der Waals surface area contributed by atoms with E-state index in [0.717, 1.165) is 33.0 Å². The van der Waals surface area contributed by atoms with E-state index in [1.165, 1.54) is 0 Å². The molecule has 4 aromatic carbocycles. The first-order valence-corrected chi connectivity index (χ1v) is 9.92. The highest BCUT2D eigenvalue weighted by Gasteiger charge is 2.12. The Morgan fingerprint density at radius 1 is 0.933 bits per heavy atom. The summed E-state index contributed by atoms with van der Waals surface area (Å²) in [4.78, 5) is 17.4. The number of nitrogens with one attached hydrogen (secondary N) is 1. The lowest BCUT2D eigenvalue weighted by atomic mass is 10.0. The van der Waals surface area contributed by atoms with Gasteiger partial charge in [0, 0.05) is 27.2 Å². The molecule has 1 aromatic heterocycles. The maximum absolute atomic E-state index is 12.9. The van der Waals surface area contributed by atoms with Gasteiger partial charge in [-0.15, -0.1) is 0 Å². The van der Waals surface area contributed by atoms with Crippen molar-refractivity contribution in [2.45, 2.75) is 6.92 Å². The van der Waals surface area contributed by atoms with Crippen molar-refractivity contribution >= 4 is 45.1 Å². The Hall–Kier alpha value is -3.63. The second-order valence-electron chi connectivity index (χ2n) is 7.16. The van der Waals surface area contributed by atoms with Gasteiger partial charge in [-0.25, -0.2) is 4.98 Å². The number of amides is 1. The summed E-state index contributed by atoms with van der Waals surface area (Å²) in [7, 11) is 0. The van der Waals surface area contributed by atoms with E-state index in [0.29, 0.717) is 22.2 Å². The third-order valence-corrected chi connectivity index (χ3v) is 5.38. The van der Waals surface area contributed by atoms with Crippen LogP contribution >= 0.6 is 11.6 Å². The summed E-state index contributed by atoms with van der Waals surface area (Å²) in [6.45, 7) is 2.02. The third-order valence-electron chi connectivity index (χ3n) is 5.05. The molecule has 0 fully saturated rings. The van der Waals surface area contributed by atoms with Crippen molar-refractivity contribution in [1.29, 1.82) is 0 Å². The van der Waals surface area contributed by atoms with Gasteiger partial charge in [0.1, 0.15) is 5.52 Å². The number of hydrogen-bond donors (Lipinski definition) is 1. The van der Waals surface area contributed by atoms with E-state index in [2.05, 4.69) is 10.3 Å². The van der Waals surface area contributed by atoms with Crippen molar-refractivity contribution in [2.24, 2.45) is 0 Å². The zero-order valence-electron chi connectivity index (χ0n) is 16.1. The molecule has 5 heteroatoms. The fraction of sp³-hybridized carbons (Fsp3) is 0.0400. The van der Waals surface area contributed by atoms with Gasteiger partial charge in [-0.1, -0.05) is 41.9 Å². The summed E-state index contributed by atoms with van der Waals surface area (Å²) in [6.07, 6.45) is 0. The van der Waals surface area contributed by atoms with Crippen molar-refractivity contribution in [3.8, 4) is 11.5 Å². The van der Waals surface area contributed by atoms with Gasteiger partial charge in [-0.05, 0) is 66.4 Å². The average molecular weight is 413 g/mol. The Kier molecular flexibility index (Phi) is 4.49. The smallest absolute Gasteiger partial charge is 0.256 e. The molecule has 5 aromatic rings. The van der Waals surface area contributed by atoms with Gasteiger partial charge in [0.15, 0.2) is 5.58 Å². The first-order chi connectivity index (χ1) is 14.6. The molecule has 0 aliphatic rings. The molecule has 4 nitrogen and oxygen atoms in total. The van der Waals surface area contributed by atoms with Crippen molar-refractivity contribution in [2.75, 3.05) is 5.32 Å². The average Bonchev–Trinajstić information content (AvgIpc) is 3.17. The standard InChI is InChI=1S/C25H17ClN2O2/c1-15-8-13-22-23(14-15)30-25(28-22)16-9-11-17(12-10-16)27-24(29)20-6-2-5-19-18(20)4-3-7-21(19)26/h2-14H,1H3,(H,27,29). The summed E-state index contributed by atoms with van der Waals surface area (Å²) in [5.74, 6) is 0.366. The highest BCUT2D eigenvalue weighted by atomic mass is 35.5. The van der Waals surface area contributed by atoms with Crippen molar-refractivity contribution in [3.05, 3.63) is 95.0 Å². The number of oxazole rings is 1. The Bertz CT molecular complexity index is 1400. The lowest BCUT2D eigenvalue weighted by Crippen LogP contribution is -2.12. The number of halogens is 1. The lowest BCUT2D eigenvalue weighted by Gasteiger charge is -2.09. The molecule has 0 saturated heterocycles. The zero-order valence-corrected chi connectivity index (χ0v) is 16.9. The van der Waals surface area contributed by atoms with Crippen LogP contribution in [0.15, 0.2) is 83.3 Å². The topological polar surface area (TPSA) is 55.1 Å².